The molecule has 1 heterocycles. The van der Waals surface area contributed by atoms with Crippen LogP contribution in [0.2, 0.25) is 0 Å². The highest BCUT2D eigenvalue weighted by atomic mass is 79.9. The summed E-state index contributed by atoms with van der Waals surface area (Å²) in [6.45, 7) is -0.548. The van der Waals surface area contributed by atoms with Gasteiger partial charge < -0.3 is 9.63 Å². The molecule has 0 spiro atoms. The molecule has 1 aromatic heterocycles. The second-order valence-electron chi connectivity index (χ2n) is 5.54. The standard InChI is InChI=1S/C17H12BrF2NO4S/c1-26(23,24)17-12(19)6-10(7-13(17)20)15-14(8-22)25-21-16(15)9-3-2-4-11(18)5-9/h2-7,22H,8H2,1H3. The third-order valence-corrected chi connectivity index (χ3v) is 5.29. The lowest BCUT2D eigenvalue weighted by molar-refractivity contribution is 0.230. The van der Waals surface area contributed by atoms with E-state index in [9.17, 15) is 22.3 Å². The number of nitrogens with zero attached hydrogens (tertiary/aromatic N) is 1. The van der Waals surface area contributed by atoms with Gasteiger partial charge in [-0.15, -0.1) is 0 Å². The molecule has 136 valence electrons. The van der Waals surface area contributed by atoms with Gasteiger partial charge in [-0.1, -0.05) is 33.2 Å². The van der Waals surface area contributed by atoms with Crippen molar-refractivity contribution in [2.45, 2.75) is 11.5 Å². The number of benzene rings is 2. The summed E-state index contributed by atoms with van der Waals surface area (Å²) in [6.07, 6.45) is 0.722. The molecule has 0 saturated heterocycles. The zero-order valence-corrected chi connectivity index (χ0v) is 15.7. The highest BCUT2D eigenvalue weighted by Gasteiger charge is 2.25. The third kappa shape index (κ3) is 3.42. The van der Waals surface area contributed by atoms with Crippen LogP contribution < -0.4 is 0 Å². The zero-order valence-electron chi connectivity index (χ0n) is 13.3. The molecule has 0 bridgehead atoms. The maximum atomic E-state index is 14.3. The average Bonchev–Trinajstić information content (AvgIpc) is 2.96. The Morgan fingerprint density at radius 3 is 2.35 bits per heavy atom. The van der Waals surface area contributed by atoms with Crippen LogP contribution in [0.5, 0.6) is 0 Å². The Kier molecular flexibility index (Phi) is 4.96. The van der Waals surface area contributed by atoms with E-state index < -0.39 is 33.0 Å². The van der Waals surface area contributed by atoms with E-state index in [4.69, 9.17) is 4.52 Å². The smallest absolute Gasteiger partial charge is 0.181 e. The number of aliphatic hydroxyl groups is 1. The lowest BCUT2D eigenvalue weighted by atomic mass is 9.99. The first-order valence-corrected chi connectivity index (χ1v) is 9.95. The van der Waals surface area contributed by atoms with E-state index in [1.807, 2.05) is 0 Å². The number of hydrogen-bond acceptors (Lipinski definition) is 5. The summed E-state index contributed by atoms with van der Waals surface area (Å²) in [6, 6.07) is 8.73. The van der Waals surface area contributed by atoms with Crippen molar-refractivity contribution in [3.63, 3.8) is 0 Å². The molecule has 0 aliphatic heterocycles. The van der Waals surface area contributed by atoms with Crippen LogP contribution in [0.3, 0.4) is 0 Å². The van der Waals surface area contributed by atoms with E-state index in [-0.39, 0.29) is 22.6 Å². The second kappa shape index (κ2) is 6.90. The predicted octanol–water partition coefficient (Wildman–Crippen LogP) is 3.95. The lowest BCUT2D eigenvalue weighted by Crippen LogP contribution is -2.05. The van der Waals surface area contributed by atoms with Crippen molar-refractivity contribution in [3.8, 4) is 22.4 Å². The number of sulfone groups is 1. The number of hydrogen-bond donors (Lipinski definition) is 1. The molecule has 0 amide bonds. The number of aromatic nitrogens is 1. The molecular formula is C17H12BrF2NO4S. The van der Waals surface area contributed by atoms with E-state index in [0.717, 1.165) is 22.9 Å². The van der Waals surface area contributed by atoms with Crippen molar-refractivity contribution in [3.05, 3.63) is 58.3 Å². The van der Waals surface area contributed by atoms with E-state index in [1.165, 1.54) is 0 Å². The van der Waals surface area contributed by atoms with Gasteiger partial charge in [0.25, 0.3) is 0 Å². The predicted molar refractivity (Wildman–Crippen MR) is 94.0 cm³/mol. The van der Waals surface area contributed by atoms with Crippen molar-refractivity contribution in [2.75, 3.05) is 6.26 Å². The molecule has 0 unspecified atom stereocenters. The lowest BCUT2D eigenvalue weighted by Gasteiger charge is -2.08. The van der Waals surface area contributed by atoms with Crippen LogP contribution in [0, 0.1) is 11.6 Å². The van der Waals surface area contributed by atoms with Gasteiger partial charge >= 0.3 is 0 Å². The Morgan fingerprint density at radius 1 is 1.15 bits per heavy atom. The summed E-state index contributed by atoms with van der Waals surface area (Å²) in [5.41, 5.74) is 1.04. The summed E-state index contributed by atoms with van der Waals surface area (Å²) in [7, 11) is -4.08. The fraction of sp³-hybridized carbons (Fsp3) is 0.118. The van der Waals surface area contributed by atoms with Crippen molar-refractivity contribution in [1.29, 1.82) is 0 Å². The maximum absolute atomic E-state index is 14.3. The van der Waals surface area contributed by atoms with Crippen molar-refractivity contribution in [1.82, 2.24) is 5.16 Å². The van der Waals surface area contributed by atoms with E-state index >= 15 is 0 Å². The Hall–Kier alpha value is -2.10. The van der Waals surface area contributed by atoms with Gasteiger partial charge in [0.2, 0.25) is 0 Å². The van der Waals surface area contributed by atoms with Crippen molar-refractivity contribution >= 4 is 25.8 Å². The fourth-order valence-corrected chi connectivity index (χ4v) is 3.85. The fourth-order valence-electron chi connectivity index (χ4n) is 2.62. The number of rotatable bonds is 4. The molecule has 0 fully saturated rings. The monoisotopic (exact) mass is 443 g/mol. The van der Waals surface area contributed by atoms with Crippen LogP contribution in [0.15, 0.2) is 50.3 Å². The van der Waals surface area contributed by atoms with Crippen LogP contribution in [0.1, 0.15) is 5.76 Å². The normalized spacial score (nSPS) is 11.7. The van der Waals surface area contributed by atoms with Crippen LogP contribution in [-0.4, -0.2) is 24.9 Å². The highest BCUT2D eigenvalue weighted by Crippen LogP contribution is 2.37. The van der Waals surface area contributed by atoms with E-state index in [1.54, 1.807) is 24.3 Å². The molecule has 0 saturated carbocycles. The maximum Gasteiger partial charge on any atom is 0.181 e. The van der Waals surface area contributed by atoms with Crippen molar-refractivity contribution in [2.24, 2.45) is 0 Å². The summed E-state index contributed by atoms with van der Waals surface area (Å²) in [5.74, 6) is -2.45. The average molecular weight is 444 g/mol. The summed E-state index contributed by atoms with van der Waals surface area (Å²) >= 11 is 3.32. The SMILES string of the molecule is CS(=O)(=O)c1c(F)cc(-c2c(-c3cccc(Br)c3)noc2CO)cc1F. The quantitative estimate of drug-likeness (QED) is 0.660. The Bertz CT molecular complexity index is 1070. The van der Waals surface area contributed by atoms with Crippen LogP contribution >= 0.6 is 15.9 Å². The Labute approximate surface area is 156 Å². The molecule has 5 nitrogen and oxygen atoms in total. The first-order valence-electron chi connectivity index (χ1n) is 7.27. The molecule has 1 N–H and O–H groups in total. The molecule has 0 aliphatic carbocycles. The minimum Gasteiger partial charge on any atom is -0.388 e. The summed E-state index contributed by atoms with van der Waals surface area (Å²) in [4.78, 5) is -1.01. The van der Waals surface area contributed by atoms with Gasteiger partial charge in [0.05, 0.1) is 5.56 Å². The molecular weight excluding hydrogens is 432 g/mol. The zero-order chi connectivity index (χ0) is 19.1. The first-order chi connectivity index (χ1) is 12.2. The van der Waals surface area contributed by atoms with Crippen LogP contribution in [0.4, 0.5) is 8.78 Å². The largest absolute Gasteiger partial charge is 0.388 e. The Morgan fingerprint density at radius 2 is 1.81 bits per heavy atom. The van der Waals surface area contributed by atoms with Gasteiger partial charge in [0, 0.05) is 16.3 Å². The van der Waals surface area contributed by atoms with Gasteiger partial charge in [0.15, 0.2) is 15.6 Å². The molecule has 9 heteroatoms. The molecule has 0 aliphatic rings. The topological polar surface area (TPSA) is 80.4 Å². The molecule has 0 radical (unpaired) electrons. The molecule has 26 heavy (non-hydrogen) atoms. The summed E-state index contributed by atoms with van der Waals surface area (Å²) in [5, 5.41) is 13.4. The van der Waals surface area contributed by atoms with Gasteiger partial charge in [-0.2, -0.15) is 0 Å². The Balaban J connectivity index is 2.26. The van der Waals surface area contributed by atoms with Crippen LogP contribution in [0.25, 0.3) is 22.4 Å². The highest BCUT2D eigenvalue weighted by molar-refractivity contribution is 9.10. The number of aliphatic hydroxyl groups excluding tert-OH is 1. The van der Waals surface area contributed by atoms with E-state index in [0.29, 0.717) is 5.56 Å². The van der Waals surface area contributed by atoms with Gasteiger partial charge in [-0.25, -0.2) is 17.2 Å². The van der Waals surface area contributed by atoms with Crippen LogP contribution in [-0.2, 0) is 16.4 Å². The first kappa shape index (κ1) is 18.7. The minimum atomic E-state index is -4.08. The molecule has 3 aromatic rings. The third-order valence-electron chi connectivity index (χ3n) is 3.66. The number of halogens is 3. The molecule has 3 rings (SSSR count). The van der Waals surface area contributed by atoms with E-state index in [2.05, 4.69) is 21.1 Å². The molecule has 2 aromatic carbocycles. The van der Waals surface area contributed by atoms with Crippen molar-refractivity contribution < 1.29 is 26.8 Å². The molecule has 0 atom stereocenters. The van der Waals surface area contributed by atoms with Gasteiger partial charge in [0.1, 0.15) is 28.8 Å². The second-order valence-corrected chi connectivity index (χ2v) is 8.41. The van der Waals surface area contributed by atoms with Gasteiger partial charge in [-0.05, 0) is 29.8 Å². The summed E-state index contributed by atoms with van der Waals surface area (Å²) < 4.78 is 57.6. The minimum absolute atomic E-state index is 0.00545. The van der Waals surface area contributed by atoms with Gasteiger partial charge in [-0.3, -0.25) is 0 Å².